The van der Waals surface area contributed by atoms with Gasteiger partial charge < -0.3 is 14.2 Å². The van der Waals surface area contributed by atoms with E-state index >= 15 is 0 Å². The van der Waals surface area contributed by atoms with Gasteiger partial charge in [-0.15, -0.1) is 0 Å². The fraction of sp³-hybridized carbons (Fsp3) is 0.471. The van der Waals surface area contributed by atoms with E-state index in [4.69, 9.17) is 14.2 Å². The summed E-state index contributed by atoms with van der Waals surface area (Å²) >= 11 is 0. The summed E-state index contributed by atoms with van der Waals surface area (Å²) in [6.07, 6.45) is 0.996. The van der Waals surface area contributed by atoms with Gasteiger partial charge in [0.2, 0.25) is 6.04 Å². The van der Waals surface area contributed by atoms with Crippen LogP contribution in [0.4, 0.5) is 4.39 Å². The maximum absolute atomic E-state index is 13.7. The third-order valence-electron chi connectivity index (χ3n) is 3.30. The quantitative estimate of drug-likeness (QED) is 0.789. The highest BCUT2D eigenvalue weighted by molar-refractivity contribution is 5.94. The first-order chi connectivity index (χ1) is 11.2. The number of benzene rings is 1. The van der Waals surface area contributed by atoms with Crippen molar-refractivity contribution in [2.24, 2.45) is 4.99 Å². The second-order valence-corrected chi connectivity index (χ2v) is 6.27. The van der Waals surface area contributed by atoms with Crippen LogP contribution in [0, 0.1) is 5.82 Å². The van der Waals surface area contributed by atoms with Gasteiger partial charge in [-0.3, -0.25) is 0 Å². The van der Waals surface area contributed by atoms with Crippen molar-refractivity contribution in [2.75, 3.05) is 6.61 Å². The van der Waals surface area contributed by atoms with E-state index in [1.54, 1.807) is 27.7 Å². The molecule has 130 valence electrons. The number of hydrogen-bond acceptors (Lipinski definition) is 6. The number of rotatable bonds is 4. The first-order valence-electron chi connectivity index (χ1n) is 7.56. The number of halogens is 1. The molecule has 0 unspecified atom stereocenters. The van der Waals surface area contributed by atoms with Crippen molar-refractivity contribution >= 4 is 18.3 Å². The van der Waals surface area contributed by atoms with Crippen LogP contribution in [0.1, 0.15) is 33.3 Å². The molecule has 2 atom stereocenters. The van der Waals surface area contributed by atoms with Gasteiger partial charge in [-0.25, -0.2) is 19.0 Å². The maximum atomic E-state index is 13.7. The van der Waals surface area contributed by atoms with Crippen LogP contribution in [0.15, 0.2) is 29.3 Å². The Morgan fingerprint density at radius 3 is 2.67 bits per heavy atom. The minimum absolute atomic E-state index is 0.0697. The molecule has 7 heteroatoms. The fourth-order valence-corrected chi connectivity index (χ4v) is 2.39. The van der Waals surface area contributed by atoms with Crippen molar-refractivity contribution in [3.8, 4) is 0 Å². The van der Waals surface area contributed by atoms with Crippen LogP contribution < -0.4 is 0 Å². The molecular formula is C17H20FNO5. The Morgan fingerprint density at radius 1 is 1.38 bits per heavy atom. The number of hydrogen-bond donors (Lipinski definition) is 0. The van der Waals surface area contributed by atoms with E-state index in [1.165, 1.54) is 18.2 Å². The Labute approximate surface area is 139 Å². The van der Waals surface area contributed by atoms with Gasteiger partial charge in [0.05, 0.1) is 6.61 Å². The molecule has 1 aromatic carbocycles. The Kier molecular flexibility index (Phi) is 4.91. The minimum Gasteiger partial charge on any atom is -0.463 e. The zero-order chi connectivity index (χ0) is 18.0. The molecule has 24 heavy (non-hydrogen) atoms. The summed E-state index contributed by atoms with van der Waals surface area (Å²) in [5.74, 6) is -2.16. The first-order valence-corrected chi connectivity index (χ1v) is 7.56. The van der Waals surface area contributed by atoms with Crippen LogP contribution in [0.25, 0.3) is 0 Å². The highest BCUT2D eigenvalue weighted by atomic mass is 19.1. The van der Waals surface area contributed by atoms with E-state index < -0.39 is 35.0 Å². The predicted octanol–water partition coefficient (Wildman–Crippen LogP) is 2.35. The van der Waals surface area contributed by atoms with Crippen molar-refractivity contribution in [3.63, 3.8) is 0 Å². The van der Waals surface area contributed by atoms with Gasteiger partial charge in [0, 0.05) is 5.56 Å². The smallest absolute Gasteiger partial charge is 0.358 e. The molecule has 0 fully saturated rings. The topological polar surface area (TPSA) is 74.2 Å². The zero-order valence-corrected chi connectivity index (χ0v) is 14.0. The number of carbonyl (C=O) groups is 2. The number of nitrogens with zero attached hydrogens (tertiary/aromatic N) is 1. The summed E-state index contributed by atoms with van der Waals surface area (Å²) in [6, 6.07) is 3.91. The lowest BCUT2D eigenvalue weighted by molar-refractivity contribution is -0.175. The van der Waals surface area contributed by atoms with E-state index in [1.807, 2.05) is 0 Å². The van der Waals surface area contributed by atoms with Crippen molar-refractivity contribution in [1.82, 2.24) is 0 Å². The summed E-state index contributed by atoms with van der Waals surface area (Å²) < 4.78 is 29.5. The third kappa shape index (κ3) is 3.39. The monoisotopic (exact) mass is 337 g/mol. The van der Waals surface area contributed by atoms with Crippen LogP contribution in [0.5, 0.6) is 0 Å². The largest absolute Gasteiger partial charge is 0.463 e. The molecule has 0 aromatic heterocycles. The molecule has 2 rings (SSSR count). The summed E-state index contributed by atoms with van der Waals surface area (Å²) in [5, 5.41) is 0. The van der Waals surface area contributed by atoms with Gasteiger partial charge in [-0.05, 0) is 39.8 Å². The molecule has 0 saturated carbocycles. The molecule has 0 bridgehead atoms. The Hall–Kier alpha value is -2.44. The zero-order valence-electron chi connectivity index (χ0n) is 14.0. The molecule has 1 aromatic rings. The summed E-state index contributed by atoms with van der Waals surface area (Å²) in [4.78, 5) is 29.1. The molecule has 6 nitrogen and oxygen atoms in total. The molecule has 0 radical (unpaired) electrons. The molecule has 1 heterocycles. The van der Waals surface area contributed by atoms with Crippen LogP contribution in [0.3, 0.4) is 0 Å². The van der Waals surface area contributed by atoms with Gasteiger partial charge in [-0.2, -0.15) is 0 Å². The lowest BCUT2D eigenvalue weighted by Crippen LogP contribution is -2.51. The van der Waals surface area contributed by atoms with Crippen LogP contribution >= 0.6 is 0 Å². The SMILES string of the molecule is CCOC(=O)[C@@]1(c2cccc(F)c2)OC=N[C@H]1C(=O)OC(C)(C)C. The molecule has 0 N–H and O–H groups in total. The molecule has 0 saturated heterocycles. The van der Waals surface area contributed by atoms with Crippen LogP contribution in [-0.4, -0.2) is 36.6 Å². The number of esters is 2. The number of ether oxygens (including phenoxy) is 3. The lowest BCUT2D eigenvalue weighted by Gasteiger charge is -2.31. The Balaban J connectivity index is 2.50. The summed E-state index contributed by atoms with van der Waals surface area (Å²) in [6.45, 7) is 6.77. The highest BCUT2D eigenvalue weighted by Crippen LogP contribution is 2.37. The molecule has 1 aliphatic rings. The van der Waals surface area contributed by atoms with E-state index in [9.17, 15) is 14.0 Å². The number of carbonyl (C=O) groups excluding carboxylic acids is 2. The van der Waals surface area contributed by atoms with Gasteiger partial charge in [-0.1, -0.05) is 12.1 Å². The maximum Gasteiger partial charge on any atom is 0.358 e. The second kappa shape index (κ2) is 6.59. The van der Waals surface area contributed by atoms with E-state index in [0.717, 1.165) is 12.5 Å². The van der Waals surface area contributed by atoms with E-state index in [-0.39, 0.29) is 12.2 Å². The van der Waals surface area contributed by atoms with Crippen molar-refractivity contribution in [1.29, 1.82) is 0 Å². The van der Waals surface area contributed by atoms with E-state index in [2.05, 4.69) is 4.99 Å². The minimum atomic E-state index is -1.90. The van der Waals surface area contributed by atoms with Gasteiger partial charge in [0.1, 0.15) is 11.4 Å². The van der Waals surface area contributed by atoms with Gasteiger partial charge >= 0.3 is 11.9 Å². The third-order valence-corrected chi connectivity index (χ3v) is 3.30. The highest BCUT2D eigenvalue weighted by Gasteiger charge is 2.58. The first kappa shape index (κ1) is 17.9. The van der Waals surface area contributed by atoms with E-state index in [0.29, 0.717) is 0 Å². The normalized spacial score (nSPS) is 22.8. The molecule has 1 aliphatic heterocycles. The Bertz CT molecular complexity index is 667. The fourth-order valence-electron chi connectivity index (χ4n) is 2.39. The van der Waals surface area contributed by atoms with Crippen molar-refractivity contribution in [3.05, 3.63) is 35.6 Å². The van der Waals surface area contributed by atoms with Crippen molar-refractivity contribution in [2.45, 2.75) is 44.9 Å². The van der Waals surface area contributed by atoms with Crippen LogP contribution in [-0.2, 0) is 29.4 Å². The molecule has 0 aliphatic carbocycles. The predicted molar refractivity (Wildman–Crippen MR) is 83.9 cm³/mol. The van der Waals surface area contributed by atoms with Crippen LogP contribution in [0.2, 0.25) is 0 Å². The molecule has 0 amide bonds. The van der Waals surface area contributed by atoms with Gasteiger partial charge in [0.25, 0.3) is 5.60 Å². The molecule has 0 spiro atoms. The summed E-state index contributed by atoms with van der Waals surface area (Å²) in [7, 11) is 0. The summed E-state index contributed by atoms with van der Waals surface area (Å²) in [5.41, 5.74) is -2.55. The second-order valence-electron chi connectivity index (χ2n) is 6.27. The molecular weight excluding hydrogens is 317 g/mol. The average Bonchev–Trinajstić information content (AvgIpc) is 2.91. The van der Waals surface area contributed by atoms with Gasteiger partial charge in [0.15, 0.2) is 6.40 Å². The average molecular weight is 337 g/mol. The standard InChI is InChI=1S/C17H20FNO5/c1-5-22-15(21)17(11-7-6-8-12(18)9-11)13(19-10-23-17)14(20)24-16(2,3)4/h6-10,13H,5H2,1-4H3/t13-,17-/m0/s1. The van der Waals surface area contributed by atoms with Crippen molar-refractivity contribution < 1.29 is 28.2 Å². The lowest BCUT2D eigenvalue weighted by atomic mass is 9.86. The Morgan fingerprint density at radius 2 is 2.08 bits per heavy atom. The number of aliphatic imine (C=N–C) groups is 1.